The summed E-state index contributed by atoms with van der Waals surface area (Å²) in [4.78, 5) is 14.3. The fraction of sp³-hybridized carbons (Fsp3) is 0.700. The third-order valence-corrected chi connectivity index (χ3v) is 2.48. The van der Waals surface area contributed by atoms with E-state index in [1.165, 1.54) is 0 Å². The van der Waals surface area contributed by atoms with E-state index < -0.39 is 0 Å². The van der Waals surface area contributed by atoms with Crippen molar-refractivity contribution in [2.45, 2.75) is 19.9 Å². The van der Waals surface area contributed by atoms with E-state index in [9.17, 15) is 0 Å². The van der Waals surface area contributed by atoms with Gasteiger partial charge in [0.05, 0.1) is 12.6 Å². The Kier molecular flexibility index (Phi) is 5.37. The second-order valence-electron chi connectivity index (χ2n) is 3.67. The van der Waals surface area contributed by atoms with Gasteiger partial charge in [0.25, 0.3) is 0 Å². The summed E-state index contributed by atoms with van der Waals surface area (Å²) in [5.74, 6) is 1.02. The first-order valence-corrected chi connectivity index (χ1v) is 5.83. The summed E-state index contributed by atoms with van der Waals surface area (Å²) < 4.78 is 5.09. The van der Waals surface area contributed by atoms with Gasteiger partial charge in [-0.05, 0) is 25.4 Å². The van der Waals surface area contributed by atoms with Crippen LogP contribution in [0.25, 0.3) is 0 Å². The van der Waals surface area contributed by atoms with Crippen molar-refractivity contribution >= 4 is 23.5 Å². The molecule has 0 aliphatic rings. The molecule has 0 amide bonds. The van der Waals surface area contributed by atoms with E-state index in [0.29, 0.717) is 18.5 Å². The number of methoxy groups -OCH3 is 1. The molecule has 1 heterocycles. The van der Waals surface area contributed by atoms with Crippen LogP contribution in [0.4, 0.5) is 11.9 Å². The van der Waals surface area contributed by atoms with Crippen molar-refractivity contribution in [1.29, 1.82) is 0 Å². The first-order valence-electron chi connectivity index (χ1n) is 5.45. The third-order valence-electron chi connectivity index (χ3n) is 2.32. The highest BCUT2D eigenvalue weighted by molar-refractivity contribution is 6.28. The molecule has 1 rings (SSSR count). The number of halogens is 1. The van der Waals surface area contributed by atoms with Gasteiger partial charge in [-0.2, -0.15) is 15.0 Å². The number of ether oxygens (including phenoxy) is 1. The van der Waals surface area contributed by atoms with Crippen LogP contribution in [-0.2, 0) is 4.74 Å². The number of hydrogen-bond donors (Lipinski definition) is 1. The van der Waals surface area contributed by atoms with Crippen LogP contribution in [0.15, 0.2) is 0 Å². The lowest BCUT2D eigenvalue weighted by Crippen LogP contribution is -2.34. The molecule has 7 heteroatoms. The van der Waals surface area contributed by atoms with Crippen LogP contribution in [0.2, 0.25) is 5.28 Å². The molecule has 1 aromatic heterocycles. The Balaban J connectivity index is 2.88. The fourth-order valence-corrected chi connectivity index (χ4v) is 1.44. The molecule has 1 N–H and O–H groups in total. The Hall–Kier alpha value is -1.14. The number of likely N-dealkylation sites (N-methyl/N-ethyl adjacent to an activating group) is 1. The van der Waals surface area contributed by atoms with Gasteiger partial charge in [-0.15, -0.1) is 0 Å². The topological polar surface area (TPSA) is 63.2 Å². The molecule has 0 aromatic carbocycles. The second-order valence-corrected chi connectivity index (χ2v) is 4.01. The summed E-state index contributed by atoms with van der Waals surface area (Å²) in [5, 5.41) is 3.19. The molecule has 1 aromatic rings. The highest BCUT2D eigenvalue weighted by atomic mass is 35.5. The minimum Gasteiger partial charge on any atom is -0.383 e. The highest BCUT2D eigenvalue weighted by Gasteiger charge is 2.14. The van der Waals surface area contributed by atoms with Crippen molar-refractivity contribution in [2.75, 3.05) is 37.5 Å². The molecule has 17 heavy (non-hydrogen) atoms. The maximum Gasteiger partial charge on any atom is 0.231 e. The molecular weight excluding hydrogens is 242 g/mol. The Bertz CT molecular complexity index is 363. The quantitative estimate of drug-likeness (QED) is 0.834. The van der Waals surface area contributed by atoms with E-state index in [4.69, 9.17) is 16.3 Å². The maximum atomic E-state index is 5.85. The van der Waals surface area contributed by atoms with Crippen molar-refractivity contribution in [1.82, 2.24) is 15.0 Å². The molecule has 0 saturated carbocycles. The summed E-state index contributed by atoms with van der Waals surface area (Å²) in [6.45, 7) is 5.32. The summed E-state index contributed by atoms with van der Waals surface area (Å²) in [6.07, 6.45) is 0. The van der Waals surface area contributed by atoms with Gasteiger partial charge in [0, 0.05) is 20.7 Å². The molecule has 0 fully saturated rings. The average Bonchev–Trinajstić information content (AvgIpc) is 2.28. The standard InChI is InChI=1S/C10H18ClN5O/c1-5-12-9-13-8(11)14-10(15-9)16(3)7(2)6-17-4/h7H,5-6H2,1-4H3,(H,12,13,14,15). The van der Waals surface area contributed by atoms with Crippen LogP contribution in [0.3, 0.4) is 0 Å². The minimum absolute atomic E-state index is 0.160. The molecule has 0 radical (unpaired) electrons. The van der Waals surface area contributed by atoms with Gasteiger partial charge in [0.2, 0.25) is 17.2 Å². The highest BCUT2D eigenvalue weighted by Crippen LogP contribution is 2.14. The smallest absolute Gasteiger partial charge is 0.231 e. The van der Waals surface area contributed by atoms with Crippen LogP contribution in [0.1, 0.15) is 13.8 Å². The van der Waals surface area contributed by atoms with E-state index in [2.05, 4.69) is 20.3 Å². The zero-order valence-corrected chi connectivity index (χ0v) is 11.3. The second kappa shape index (κ2) is 6.56. The zero-order valence-electron chi connectivity index (χ0n) is 10.6. The van der Waals surface area contributed by atoms with Crippen LogP contribution in [0.5, 0.6) is 0 Å². The van der Waals surface area contributed by atoms with E-state index in [-0.39, 0.29) is 11.3 Å². The first kappa shape index (κ1) is 13.9. The molecule has 0 spiro atoms. The number of rotatable bonds is 6. The van der Waals surface area contributed by atoms with Crippen molar-refractivity contribution in [3.05, 3.63) is 5.28 Å². The van der Waals surface area contributed by atoms with E-state index in [0.717, 1.165) is 6.54 Å². The van der Waals surface area contributed by atoms with Crippen LogP contribution >= 0.6 is 11.6 Å². The number of hydrogen-bond acceptors (Lipinski definition) is 6. The Morgan fingerprint density at radius 1 is 1.41 bits per heavy atom. The first-order chi connectivity index (χ1) is 8.08. The van der Waals surface area contributed by atoms with Crippen molar-refractivity contribution in [3.63, 3.8) is 0 Å². The maximum absolute atomic E-state index is 5.85. The van der Waals surface area contributed by atoms with Gasteiger partial charge in [0.15, 0.2) is 0 Å². The monoisotopic (exact) mass is 259 g/mol. The molecule has 0 aliphatic carbocycles. The van der Waals surface area contributed by atoms with Crippen molar-refractivity contribution in [3.8, 4) is 0 Å². The molecule has 6 nitrogen and oxygen atoms in total. The van der Waals surface area contributed by atoms with Crippen LogP contribution < -0.4 is 10.2 Å². The molecule has 0 bridgehead atoms. The van der Waals surface area contributed by atoms with Crippen molar-refractivity contribution < 1.29 is 4.74 Å². The number of aromatic nitrogens is 3. The Labute approximate surface area is 106 Å². The summed E-state index contributed by atoms with van der Waals surface area (Å²) in [6, 6.07) is 0.160. The molecule has 96 valence electrons. The normalized spacial score (nSPS) is 12.3. The Morgan fingerprint density at radius 2 is 2.12 bits per heavy atom. The van der Waals surface area contributed by atoms with Gasteiger partial charge in [-0.1, -0.05) is 0 Å². The van der Waals surface area contributed by atoms with E-state index in [1.54, 1.807) is 7.11 Å². The average molecular weight is 260 g/mol. The number of anilines is 2. The van der Waals surface area contributed by atoms with E-state index in [1.807, 2.05) is 25.8 Å². The van der Waals surface area contributed by atoms with Crippen LogP contribution in [-0.4, -0.2) is 48.3 Å². The predicted octanol–water partition coefficient (Wildman–Crippen LogP) is 1.43. The zero-order chi connectivity index (χ0) is 12.8. The van der Waals surface area contributed by atoms with Gasteiger partial charge in [-0.3, -0.25) is 0 Å². The Morgan fingerprint density at radius 3 is 2.71 bits per heavy atom. The lowest BCUT2D eigenvalue weighted by Gasteiger charge is -2.24. The molecule has 1 unspecified atom stereocenters. The SMILES string of the molecule is CCNc1nc(Cl)nc(N(C)C(C)COC)n1. The summed E-state index contributed by atoms with van der Waals surface area (Å²) in [7, 11) is 3.56. The third kappa shape index (κ3) is 3.98. The van der Waals surface area contributed by atoms with Gasteiger partial charge in [-0.25, -0.2) is 0 Å². The van der Waals surface area contributed by atoms with E-state index >= 15 is 0 Å². The summed E-state index contributed by atoms with van der Waals surface area (Å²) in [5.41, 5.74) is 0. The predicted molar refractivity (Wildman–Crippen MR) is 68.7 cm³/mol. The minimum atomic E-state index is 0.160. The van der Waals surface area contributed by atoms with Crippen LogP contribution in [0, 0.1) is 0 Å². The molecule has 1 atom stereocenters. The van der Waals surface area contributed by atoms with Gasteiger partial charge >= 0.3 is 0 Å². The largest absolute Gasteiger partial charge is 0.383 e. The van der Waals surface area contributed by atoms with Gasteiger partial charge < -0.3 is 15.0 Å². The lowest BCUT2D eigenvalue weighted by atomic mass is 10.3. The van der Waals surface area contributed by atoms with Crippen molar-refractivity contribution in [2.24, 2.45) is 0 Å². The molecule has 0 saturated heterocycles. The number of nitrogens with one attached hydrogen (secondary N) is 1. The summed E-state index contributed by atoms with van der Waals surface area (Å²) >= 11 is 5.85. The molecular formula is C10H18ClN5O. The number of nitrogens with zero attached hydrogens (tertiary/aromatic N) is 4. The fourth-order valence-electron chi connectivity index (χ4n) is 1.28. The molecule has 0 aliphatic heterocycles. The van der Waals surface area contributed by atoms with Gasteiger partial charge in [0.1, 0.15) is 0 Å². The lowest BCUT2D eigenvalue weighted by molar-refractivity contribution is 0.183.